The summed E-state index contributed by atoms with van der Waals surface area (Å²) in [6.45, 7) is 5.06. The third-order valence-electron chi connectivity index (χ3n) is 3.94. The lowest BCUT2D eigenvalue weighted by molar-refractivity contribution is -0.144. The van der Waals surface area contributed by atoms with E-state index < -0.39 is 0 Å². The van der Waals surface area contributed by atoms with Crippen molar-refractivity contribution in [2.75, 3.05) is 13.1 Å². The molecule has 1 saturated heterocycles. The molecule has 1 saturated carbocycles. The minimum Gasteiger partial charge on any atom is -0.372 e. The fourth-order valence-corrected chi connectivity index (χ4v) is 2.78. The van der Waals surface area contributed by atoms with Gasteiger partial charge in [0.1, 0.15) is 6.54 Å². The third kappa shape index (κ3) is 3.32. The molecule has 2 fully saturated rings. The van der Waals surface area contributed by atoms with E-state index in [-0.39, 0.29) is 30.2 Å². The Morgan fingerprint density at radius 2 is 1.95 bits per heavy atom. The van der Waals surface area contributed by atoms with Crippen LogP contribution in [-0.2, 0) is 16.1 Å². The summed E-state index contributed by atoms with van der Waals surface area (Å²) in [6, 6.07) is 3.29. The minimum atomic E-state index is -0.220. The molecule has 1 aromatic heterocycles. The van der Waals surface area contributed by atoms with Crippen LogP contribution in [0.25, 0.3) is 0 Å². The fourth-order valence-electron chi connectivity index (χ4n) is 2.78. The van der Waals surface area contributed by atoms with Gasteiger partial charge in [-0.05, 0) is 32.8 Å². The zero-order valence-corrected chi connectivity index (χ0v) is 12.5. The van der Waals surface area contributed by atoms with E-state index in [1.807, 2.05) is 13.8 Å². The van der Waals surface area contributed by atoms with Crippen LogP contribution in [0.5, 0.6) is 0 Å². The van der Waals surface area contributed by atoms with E-state index in [0.29, 0.717) is 19.0 Å². The minimum absolute atomic E-state index is 0.0127. The zero-order valence-electron chi connectivity index (χ0n) is 12.5. The van der Waals surface area contributed by atoms with Gasteiger partial charge >= 0.3 is 0 Å². The SMILES string of the molecule is CC1CN(C(=O)Cn2nc(C3CC3)ccc2=O)CC(C)O1. The Balaban J connectivity index is 1.72. The highest BCUT2D eigenvalue weighted by Gasteiger charge is 2.28. The van der Waals surface area contributed by atoms with E-state index in [1.54, 1.807) is 11.0 Å². The van der Waals surface area contributed by atoms with Crippen LogP contribution in [0.4, 0.5) is 0 Å². The Bertz CT molecular complexity index is 584. The summed E-state index contributed by atoms with van der Waals surface area (Å²) in [7, 11) is 0. The van der Waals surface area contributed by atoms with Gasteiger partial charge in [-0.25, -0.2) is 4.68 Å². The van der Waals surface area contributed by atoms with Crippen molar-refractivity contribution in [1.82, 2.24) is 14.7 Å². The van der Waals surface area contributed by atoms with Crippen LogP contribution >= 0.6 is 0 Å². The molecule has 2 heterocycles. The number of carbonyl (C=O) groups excluding carboxylic acids is 1. The number of rotatable bonds is 3. The highest BCUT2D eigenvalue weighted by molar-refractivity contribution is 5.76. The Morgan fingerprint density at radius 1 is 1.29 bits per heavy atom. The highest BCUT2D eigenvalue weighted by atomic mass is 16.5. The first-order valence-corrected chi connectivity index (χ1v) is 7.54. The maximum absolute atomic E-state index is 12.4. The van der Waals surface area contributed by atoms with Gasteiger partial charge in [-0.1, -0.05) is 0 Å². The van der Waals surface area contributed by atoms with Crippen LogP contribution in [0.2, 0.25) is 0 Å². The molecule has 1 aliphatic heterocycles. The summed E-state index contributed by atoms with van der Waals surface area (Å²) in [5.41, 5.74) is 0.702. The molecule has 1 amide bonds. The molecule has 114 valence electrons. The van der Waals surface area contributed by atoms with Crippen molar-refractivity contribution in [3.63, 3.8) is 0 Å². The summed E-state index contributed by atoms with van der Waals surface area (Å²) < 4.78 is 6.91. The number of amides is 1. The molecule has 3 rings (SSSR count). The van der Waals surface area contributed by atoms with Gasteiger partial charge in [-0.2, -0.15) is 5.10 Å². The summed E-state index contributed by atoms with van der Waals surface area (Å²) in [6.07, 6.45) is 2.30. The monoisotopic (exact) mass is 291 g/mol. The Hall–Kier alpha value is -1.69. The van der Waals surface area contributed by atoms with Crippen molar-refractivity contribution in [2.24, 2.45) is 0 Å². The second kappa shape index (κ2) is 5.60. The largest absolute Gasteiger partial charge is 0.372 e. The number of ether oxygens (including phenoxy) is 1. The van der Waals surface area contributed by atoms with Gasteiger partial charge < -0.3 is 9.64 Å². The quantitative estimate of drug-likeness (QED) is 0.824. The molecule has 21 heavy (non-hydrogen) atoms. The summed E-state index contributed by atoms with van der Waals surface area (Å²) >= 11 is 0. The lowest BCUT2D eigenvalue weighted by Gasteiger charge is -2.35. The molecule has 1 aliphatic carbocycles. The van der Waals surface area contributed by atoms with E-state index in [1.165, 1.54) is 10.7 Å². The van der Waals surface area contributed by atoms with Gasteiger partial charge in [0.2, 0.25) is 5.91 Å². The predicted molar refractivity (Wildman–Crippen MR) is 77.1 cm³/mol. The molecule has 2 unspecified atom stereocenters. The number of aromatic nitrogens is 2. The van der Waals surface area contributed by atoms with Crippen molar-refractivity contribution < 1.29 is 9.53 Å². The normalized spacial score (nSPS) is 25.9. The van der Waals surface area contributed by atoms with Crippen LogP contribution in [0.15, 0.2) is 16.9 Å². The predicted octanol–water partition coefficient (Wildman–Crippen LogP) is 0.756. The Kier molecular flexibility index (Phi) is 3.80. The smallest absolute Gasteiger partial charge is 0.267 e. The van der Waals surface area contributed by atoms with Crippen LogP contribution < -0.4 is 5.56 Å². The van der Waals surface area contributed by atoms with E-state index in [9.17, 15) is 9.59 Å². The molecule has 2 aliphatic rings. The molecule has 0 spiro atoms. The first-order chi connectivity index (χ1) is 10.0. The average Bonchev–Trinajstić information content (AvgIpc) is 3.24. The molecule has 0 N–H and O–H groups in total. The number of hydrogen-bond acceptors (Lipinski definition) is 4. The summed E-state index contributed by atoms with van der Waals surface area (Å²) in [4.78, 5) is 26.0. The number of morpholine rings is 1. The van der Waals surface area contributed by atoms with Crippen LogP contribution in [0.3, 0.4) is 0 Å². The lowest BCUT2D eigenvalue weighted by Crippen LogP contribution is -2.49. The van der Waals surface area contributed by atoms with Crippen LogP contribution in [-0.4, -0.2) is 45.9 Å². The molecule has 1 aromatic rings. The first kappa shape index (κ1) is 14.3. The second-order valence-electron chi connectivity index (χ2n) is 6.08. The molecular formula is C15H21N3O3. The van der Waals surface area contributed by atoms with E-state index in [0.717, 1.165) is 18.5 Å². The topological polar surface area (TPSA) is 64.4 Å². The highest BCUT2D eigenvalue weighted by Crippen LogP contribution is 2.38. The maximum atomic E-state index is 12.4. The fraction of sp³-hybridized carbons (Fsp3) is 0.667. The summed E-state index contributed by atoms with van der Waals surface area (Å²) in [5, 5.41) is 4.33. The van der Waals surface area contributed by atoms with Crippen molar-refractivity contribution in [3.05, 3.63) is 28.2 Å². The van der Waals surface area contributed by atoms with E-state index in [2.05, 4.69) is 5.10 Å². The van der Waals surface area contributed by atoms with Gasteiger partial charge in [0, 0.05) is 25.1 Å². The molecular weight excluding hydrogens is 270 g/mol. The average molecular weight is 291 g/mol. The number of carbonyl (C=O) groups is 1. The molecule has 0 bridgehead atoms. The van der Waals surface area contributed by atoms with Gasteiger partial charge in [-0.15, -0.1) is 0 Å². The Labute approximate surface area is 123 Å². The third-order valence-corrected chi connectivity index (χ3v) is 3.94. The molecule has 0 aromatic carbocycles. The second-order valence-corrected chi connectivity index (χ2v) is 6.08. The maximum Gasteiger partial charge on any atom is 0.267 e. The zero-order chi connectivity index (χ0) is 15.0. The summed E-state index contributed by atoms with van der Waals surface area (Å²) in [5.74, 6) is 0.398. The number of nitrogens with zero attached hydrogens (tertiary/aromatic N) is 3. The van der Waals surface area contributed by atoms with Crippen molar-refractivity contribution in [2.45, 2.75) is 51.4 Å². The number of hydrogen-bond donors (Lipinski definition) is 0. The van der Waals surface area contributed by atoms with E-state index in [4.69, 9.17) is 4.74 Å². The van der Waals surface area contributed by atoms with Gasteiger partial charge in [0.05, 0.1) is 17.9 Å². The van der Waals surface area contributed by atoms with Gasteiger partial charge in [-0.3, -0.25) is 9.59 Å². The van der Waals surface area contributed by atoms with Crippen LogP contribution in [0.1, 0.15) is 38.3 Å². The molecule has 2 atom stereocenters. The standard InChI is InChI=1S/C15H21N3O3/c1-10-7-17(8-11(2)21-10)15(20)9-18-14(19)6-5-13(16-18)12-3-4-12/h5-6,10-12H,3-4,7-9H2,1-2H3. The lowest BCUT2D eigenvalue weighted by atomic mass is 10.2. The van der Waals surface area contributed by atoms with Gasteiger partial charge in [0.15, 0.2) is 0 Å². The van der Waals surface area contributed by atoms with Gasteiger partial charge in [0.25, 0.3) is 5.56 Å². The molecule has 6 nitrogen and oxygen atoms in total. The molecule has 6 heteroatoms. The van der Waals surface area contributed by atoms with Crippen molar-refractivity contribution >= 4 is 5.91 Å². The Morgan fingerprint density at radius 3 is 2.57 bits per heavy atom. The van der Waals surface area contributed by atoms with E-state index >= 15 is 0 Å². The van der Waals surface area contributed by atoms with Crippen molar-refractivity contribution in [3.8, 4) is 0 Å². The van der Waals surface area contributed by atoms with Crippen molar-refractivity contribution in [1.29, 1.82) is 0 Å². The first-order valence-electron chi connectivity index (χ1n) is 7.54. The molecule has 0 radical (unpaired) electrons. The van der Waals surface area contributed by atoms with Crippen LogP contribution in [0, 0.1) is 0 Å².